The molecule has 0 radical (unpaired) electrons. The highest BCUT2D eigenvalue weighted by atomic mass is 19.4. The number of carbonyl (C=O) groups is 2. The maximum atomic E-state index is 12.9. The lowest BCUT2D eigenvalue weighted by atomic mass is 9.95. The molecule has 0 aliphatic carbocycles. The van der Waals surface area contributed by atoms with Gasteiger partial charge < -0.3 is 15.5 Å². The number of hydrogen-bond donors (Lipinski definition) is 2. The normalized spacial score (nSPS) is 14.7. The van der Waals surface area contributed by atoms with Crippen LogP contribution in [0.2, 0.25) is 0 Å². The van der Waals surface area contributed by atoms with E-state index in [0.29, 0.717) is 30.3 Å². The third-order valence-corrected chi connectivity index (χ3v) is 5.16. The van der Waals surface area contributed by atoms with Crippen LogP contribution < -0.4 is 15.5 Å². The predicted octanol–water partition coefficient (Wildman–Crippen LogP) is 4.43. The number of alkyl halides is 3. The number of nitrogens with one attached hydrogen (secondary N) is 2. The maximum Gasteiger partial charge on any atom is 0.416 e. The van der Waals surface area contributed by atoms with Crippen molar-refractivity contribution in [3.05, 3.63) is 58.1 Å². The van der Waals surface area contributed by atoms with E-state index < -0.39 is 22.4 Å². The minimum absolute atomic E-state index is 0.102. The highest BCUT2D eigenvalue weighted by Crippen LogP contribution is 2.37. The number of piperidine rings is 1. The van der Waals surface area contributed by atoms with Crippen molar-refractivity contribution in [2.45, 2.75) is 25.9 Å². The second-order valence-electron chi connectivity index (χ2n) is 7.47. The van der Waals surface area contributed by atoms with Crippen LogP contribution in [0.4, 0.5) is 35.9 Å². The van der Waals surface area contributed by atoms with E-state index in [4.69, 9.17) is 0 Å². The second kappa shape index (κ2) is 9.25. The minimum Gasteiger partial charge on any atom is -0.366 e. The van der Waals surface area contributed by atoms with Crippen molar-refractivity contribution >= 4 is 34.6 Å². The van der Waals surface area contributed by atoms with Crippen molar-refractivity contribution in [3.63, 3.8) is 0 Å². The molecule has 3 rings (SSSR count). The Morgan fingerprint density at radius 3 is 2.25 bits per heavy atom. The number of hydrogen-bond acceptors (Lipinski definition) is 5. The smallest absolute Gasteiger partial charge is 0.366 e. The van der Waals surface area contributed by atoms with Crippen molar-refractivity contribution < 1.29 is 27.7 Å². The number of carbonyl (C=O) groups excluding carboxylic acids is 2. The van der Waals surface area contributed by atoms with Gasteiger partial charge in [0.1, 0.15) is 5.69 Å². The van der Waals surface area contributed by atoms with Crippen LogP contribution in [-0.4, -0.2) is 29.8 Å². The summed E-state index contributed by atoms with van der Waals surface area (Å²) in [6, 6.07) is 9.15. The van der Waals surface area contributed by atoms with E-state index in [0.717, 1.165) is 12.1 Å². The zero-order valence-electron chi connectivity index (χ0n) is 17.1. The number of nitro benzene ring substituents is 1. The molecule has 1 heterocycles. The number of benzene rings is 2. The van der Waals surface area contributed by atoms with Gasteiger partial charge in [0.2, 0.25) is 11.8 Å². The van der Waals surface area contributed by atoms with Crippen molar-refractivity contribution in [1.82, 2.24) is 0 Å². The molecule has 170 valence electrons. The molecule has 2 aromatic carbocycles. The Bertz CT molecular complexity index is 1030. The van der Waals surface area contributed by atoms with Crippen LogP contribution in [0.1, 0.15) is 25.3 Å². The first-order chi connectivity index (χ1) is 15.0. The lowest BCUT2D eigenvalue weighted by Crippen LogP contribution is -2.38. The Morgan fingerprint density at radius 1 is 1.06 bits per heavy atom. The Kier molecular flexibility index (Phi) is 6.66. The summed E-state index contributed by atoms with van der Waals surface area (Å²) in [5.41, 5.74) is -0.534. The van der Waals surface area contributed by atoms with Gasteiger partial charge in [-0.1, -0.05) is 6.07 Å². The average Bonchev–Trinajstić information content (AvgIpc) is 2.72. The van der Waals surface area contributed by atoms with Crippen LogP contribution in [0, 0.1) is 16.0 Å². The van der Waals surface area contributed by atoms with Gasteiger partial charge in [0.25, 0.3) is 5.69 Å². The van der Waals surface area contributed by atoms with Gasteiger partial charge in [0, 0.05) is 43.4 Å². The summed E-state index contributed by atoms with van der Waals surface area (Å²) in [5.74, 6) is -0.825. The lowest BCUT2D eigenvalue weighted by molar-refractivity contribution is -0.384. The van der Waals surface area contributed by atoms with E-state index in [9.17, 15) is 32.9 Å². The Labute approximate surface area is 181 Å². The number of anilines is 3. The van der Waals surface area contributed by atoms with Gasteiger partial charge in [-0.3, -0.25) is 19.7 Å². The molecule has 11 heteroatoms. The zero-order valence-corrected chi connectivity index (χ0v) is 17.1. The molecule has 0 spiro atoms. The molecule has 0 saturated carbocycles. The average molecular weight is 450 g/mol. The number of halogens is 3. The Hall–Kier alpha value is -3.63. The molecule has 1 aliphatic heterocycles. The highest BCUT2D eigenvalue weighted by molar-refractivity contribution is 5.94. The van der Waals surface area contributed by atoms with Gasteiger partial charge in [0.05, 0.1) is 10.5 Å². The highest BCUT2D eigenvalue weighted by Gasteiger charge is 2.35. The molecule has 32 heavy (non-hydrogen) atoms. The van der Waals surface area contributed by atoms with E-state index >= 15 is 0 Å². The van der Waals surface area contributed by atoms with Crippen LogP contribution >= 0.6 is 0 Å². The van der Waals surface area contributed by atoms with Gasteiger partial charge in [-0.05, 0) is 43.2 Å². The minimum atomic E-state index is -4.67. The fraction of sp³-hybridized carbons (Fsp3) is 0.333. The van der Waals surface area contributed by atoms with Gasteiger partial charge >= 0.3 is 6.18 Å². The number of nitro groups is 1. The summed E-state index contributed by atoms with van der Waals surface area (Å²) in [7, 11) is 0. The van der Waals surface area contributed by atoms with Crippen LogP contribution in [-0.2, 0) is 15.8 Å². The molecule has 1 aliphatic rings. The van der Waals surface area contributed by atoms with Crippen molar-refractivity contribution in [2.24, 2.45) is 5.92 Å². The van der Waals surface area contributed by atoms with Gasteiger partial charge in [-0.2, -0.15) is 13.2 Å². The molecule has 0 atom stereocenters. The van der Waals surface area contributed by atoms with E-state index in [1.807, 2.05) is 0 Å². The number of rotatable bonds is 5. The van der Waals surface area contributed by atoms with E-state index in [2.05, 4.69) is 10.6 Å². The largest absolute Gasteiger partial charge is 0.416 e. The third-order valence-electron chi connectivity index (χ3n) is 5.16. The lowest BCUT2D eigenvalue weighted by Gasteiger charge is -2.32. The summed E-state index contributed by atoms with van der Waals surface area (Å²) in [6.07, 6.45) is -3.91. The fourth-order valence-corrected chi connectivity index (χ4v) is 3.62. The molecule has 0 unspecified atom stereocenters. The topological polar surface area (TPSA) is 105 Å². The zero-order chi connectivity index (χ0) is 23.5. The van der Waals surface area contributed by atoms with Crippen LogP contribution in [0.15, 0.2) is 42.5 Å². The molecule has 0 bridgehead atoms. The van der Waals surface area contributed by atoms with Crippen LogP contribution in [0.25, 0.3) is 0 Å². The van der Waals surface area contributed by atoms with E-state index in [1.165, 1.54) is 6.92 Å². The fourth-order valence-electron chi connectivity index (χ4n) is 3.62. The van der Waals surface area contributed by atoms with Crippen molar-refractivity contribution in [2.75, 3.05) is 28.6 Å². The molecule has 8 nitrogen and oxygen atoms in total. The van der Waals surface area contributed by atoms with E-state index in [-0.39, 0.29) is 36.5 Å². The maximum absolute atomic E-state index is 12.9. The summed E-state index contributed by atoms with van der Waals surface area (Å²) < 4.78 is 38.7. The Morgan fingerprint density at radius 2 is 1.69 bits per heavy atom. The predicted molar refractivity (Wildman–Crippen MR) is 112 cm³/mol. The number of amides is 2. The van der Waals surface area contributed by atoms with Crippen molar-refractivity contribution in [3.8, 4) is 0 Å². The van der Waals surface area contributed by atoms with Crippen LogP contribution in [0.5, 0.6) is 0 Å². The molecule has 1 fully saturated rings. The molecule has 2 aromatic rings. The SMILES string of the molecule is CC(=O)Nc1cccc(NC(=O)C2CCN(c3ccc(C(F)(F)F)cc3[N+](=O)[O-])CC2)c1. The monoisotopic (exact) mass is 450 g/mol. The summed E-state index contributed by atoms with van der Waals surface area (Å²) in [6.45, 7) is 1.95. The molecule has 0 aromatic heterocycles. The van der Waals surface area contributed by atoms with Gasteiger partial charge in [-0.25, -0.2) is 0 Å². The summed E-state index contributed by atoms with van der Waals surface area (Å²) in [4.78, 5) is 35.9. The summed E-state index contributed by atoms with van der Waals surface area (Å²) >= 11 is 0. The first-order valence-electron chi connectivity index (χ1n) is 9.83. The molecular formula is C21H21F3N4O4. The third kappa shape index (κ3) is 5.54. The van der Waals surface area contributed by atoms with Crippen molar-refractivity contribution in [1.29, 1.82) is 0 Å². The van der Waals surface area contributed by atoms with Gasteiger partial charge in [-0.15, -0.1) is 0 Å². The molecule has 1 saturated heterocycles. The number of nitrogens with zero attached hydrogens (tertiary/aromatic N) is 2. The first kappa shape index (κ1) is 23.0. The Balaban J connectivity index is 1.66. The van der Waals surface area contributed by atoms with Crippen LogP contribution in [0.3, 0.4) is 0 Å². The quantitative estimate of drug-likeness (QED) is 0.518. The molecular weight excluding hydrogens is 429 g/mol. The van der Waals surface area contributed by atoms with E-state index in [1.54, 1.807) is 29.2 Å². The molecule has 2 amide bonds. The molecule has 2 N–H and O–H groups in total. The summed E-state index contributed by atoms with van der Waals surface area (Å²) in [5, 5.41) is 16.8. The standard InChI is InChI=1S/C21H21F3N4O4/c1-13(29)25-16-3-2-4-17(12-16)26-20(30)14-7-9-27(10-8-14)18-6-5-15(21(22,23)24)11-19(18)28(31)32/h2-6,11-12,14H,7-10H2,1H3,(H,25,29)(H,26,30). The second-order valence-corrected chi connectivity index (χ2v) is 7.47. The first-order valence-corrected chi connectivity index (χ1v) is 9.83. The van der Waals surface area contributed by atoms with Gasteiger partial charge in [0.15, 0.2) is 0 Å².